The van der Waals surface area contributed by atoms with Gasteiger partial charge in [0.15, 0.2) is 9.84 Å². The maximum atomic E-state index is 11.2. The molecule has 7 heteroatoms. The fraction of sp³-hybridized carbons (Fsp3) is 0.250. The van der Waals surface area contributed by atoms with Crippen molar-refractivity contribution in [1.82, 2.24) is 0 Å². The fourth-order valence-electron chi connectivity index (χ4n) is 1.51. The molecule has 1 atom stereocenters. The average molecular weight is 254 g/mol. The smallest absolute Gasteiger partial charge is 0.768 e. The Hall–Kier alpha value is 0.280. The van der Waals surface area contributed by atoms with Crippen LogP contribution in [0.25, 0.3) is 0 Å². The Kier molecular flexibility index (Phi) is 4.13. The van der Waals surface area contributed by atoms with Gasteiger partial charge in [0, 0.05) is 4.90 Å². The van der Waals surface area contributed by atoms with Crippen LogP contribution in [0.4, 0.5) is 0 Å². The summed E-state index contributed by atoms with van der Waals surface area (Å²) in [5, 5.41) is 0. The Morgan fingerprint density at radius 3 is 2.40 bits per heavy atom. The van der Waals surface area contributed by atoms with Gasteiger partial charge in [-0.05, 0) is 34.3 Å². The Balaban J connectivity index is 0.00000112. The van der Waals surface area contributed by atoms with E-state index in [1.54, 1.807) is 6.07 Å². The minimum Gasteiger partial charge on any atom is -0.768 e. The van der Waals surface area contributed by atoms with Gasteiger partial charge in [-0.1, -0.05) is 6.07 Å². The molecule has 1 aromatic carbocycles. The van der Waals surface area contributed by atoms with E-state index in [0.29, 0.717) is 11.1 Å². The predicted octanol–water partition coefficient (Wildman–Crippen LogP) is -2.64. The molecule has 2 rings (SSSR count). The van der Waals surface area contributed by atoms with E-state index in [4.69, 9.17) is 0 Å². The maximum absolute atomic E-state index is 11.2. The number of benzene rings is 1. The second-order valence-corrected chi connectivity index (χ2v) is 6.20. The predicted molar refractivity (Wildman–Crippen MR) is 50.0 cm³/mol. The maximum Gasteiger partial charge on any atom is 1.00 e. The van der Waals surface area contributed by atoms with Crippen LogP contribution in [-0.4, -0.2) is 17.2 Å². The van der Waals surface area contributed by atoms with Crippen LogP contribution in [0, 0.1) is 0 Å². The first kappa shape index (κ1) is 13.3. The third kappa shape index (κ3) is 2.89. The zero-order chi connectivity index (χ0) is 10.3. The number of rotatable bonds is 1. The summed E-state index contributed by atoms with van der Waals surface area (Å²) in [5.74, 6) is -0.0263. The zero-order valence-electron chi connectivity index (χ0n) is 8.10. The largest absolute Gasteiger partial charge is 1.00 e. The summed E-state index contributed by atoms with van der Waals surface area (Å²) in [6.45, 7) is 0. The van der Waals surface area contributed by atoms with Crippen molar-refractivity contribution in [3.8, 4) is 0 Å². The van der Waals surface area contributed by atoms with E-state index in [-0.39, 0.29) is 46.0 Å². The second-order valence-electron chi connectivity index (χ2n) is 3.20. The van der Waals surface area contributed by atoms with Crippen molar-refractivity contribution in [2.24, 2.45) is 0 Å². The van der Waals surface area contributed by atoms with E-state index in [0.717, 1.165) is 0 Å². The van der Waals surface area contributed by atoms with Crippen molar-refractivity contribution in [1.29, 1.82) is 0 Å². The first-order valence-electron chi connectivity index (χ1n) is 3.89. The standard InChI is InChI=1S/C8H8O4S2.Na/c9-13(10)8-2-1-6-4-14(11,12)5-7(6)3-8;/h1-3H,4-5H2,(H,9,10);/q;+1/p-1. The molecule has 0 spiro atoms. The van der Waals surface area contributed by atoms with Gasteiger partial charge in [0.1, 0.15) is 0 Å². The van der Waals surface area contributed by atoms with Gasteiger partial charge in [-0.25, -0.2) is 8.42 Å². The molecule has 0 aromatic heterocycles. The van der Waals surface area contributed by atoms with Crippen LogP contribution in [0.5, 0.6) is 0 Å². The van der Waals surface area contributed by atoms with Gasteiger partial charge in [-0.3, -0.25) is 4.21 Å². The number of hydrogen-bond donors (Lipinski definition) is 0. The normalized spacial score (nSPS) is 19.0. The number of sulfone groups is 1. The molecule has 0 saturated heterocycles. The Bertz CT molecular complexity index is 509. The fourth-order valence-corrected chi connectivity index (χ4v) is 3.52. The molecule has 0 radical (unpaired) electrons. The first-order chi connectivity index (χ1) is 6.48. The van der Waals surface area contributed by atoms with Crippen LogP contribution >= 0.6 is 0 Å². The van der Waals surface area contributed by atoms with Crippen LogP contribution in [0.15, 0.2) is 23.1 Å². The summed E-state index contributed by atoms with van der Waals surface area (Å²) in [7, 11) is -3.05. The summed E-state index contributed by atoms with van der Waals surface area (Å²) >= 11 is -2.29. The molecule has 1 heterocycles. The third-order valence-corrected chi connectivity index (χ3v) is 4.26. The quantitative estimate of drug-likeness (QED) is 0.405. The van der Waals surface area contributed by atoms with E-state index in [1.165, 1.54) is 12.1 Å². The summed E-state index contributed by atoms with van der Waals surface area (Å²) in [5.41, 5.74) is 1.31. The summed E-state index contributed by atoms with van der Waals surface area (Å²) in [6.07, 6.45) is 0. The Morgan fingerprint density at radius 1 is 1.20 bits per heavy atom. The topological polar surface area (TPSA) is 74.3 Å². The molecule has 0 N–H and O–H groups in total. The van der Waals surface area contributed by atoms with Crippen molar-refractivity contribution in [2.75, 3.05) is 0 Å². The van der Waals surface area contributed by atoms with E-state index >= 15 is 0 Å². The molecule has 0 saturated carbocycles. The molecular weight excluding hydrogens is 247 g/mol. The molecule has 4 nitrogen and oxygen atoms in total. The van der Waals surface area contributed by atoms with Crippen molar-refractivity contribution in [3.05, 3.63) is 29.3 Å². The third-order valence-electron chi connectivity index (χ3n) is 2.12. The number of hydrogen-bond acceptors (Lipinski definition) is 4. The monoisotopic (exact) mass is 254 g/mol. The van der Waals surface area contributed by atoms with Crippen molar-refractivity contribution in [3.63, 3.8) is 0 Å². The summed E-state index contributed by atoms with van der Waals surface area (Å²) in [6, 6.07) is 4.40. The summed E-state index contributed by atoms with van der Waals surface area (Å²) in [4.78, 5) is 0.140. The van der Waals surface area contributed by atoms with Crippen LogP contribution < -0.4 is 29.6 Å². The Labute approximate surface area is 113 Å². The second kappa shape index (κ2) is 4.65. The zero-order valence-corrected chi connectivity index (χ0v) is 11.7. The van der Waals surface area contributed by atoms with Crippen LogP contribution in [0.1, 0.15) is 11.1 Å². The van der Waals surface area contributed by atoms with Gasteiger partial charge in [0.25, 0.3) is 0 Å². The van der Waals surface area contributed by atoms with Gasteiger partial charge >= 0.3 is 29.6 Å². The van der Waals surface area contributed by atoms with Crippen molar-refractivity contribution in [2.45, 2.75) is 16.4 Å². The Morgan fingerprint density at radius 2 is 1.80 bits per heavy atom. The molecule has 0 aliphatic carbocycles. The molecule has 1 aliphatic heterocycles. The molecular formula is C8H7NaO4S2. The minimum absolute atomic E-state index is 0. The van der Waals surface area contributed by atoms with Crippen LogP contribution in [0.3, 0.4) is 0 Å². The SMILES string of the molecule is O=S([O-])c1ccc2c(c1)CS(=O)(=O)C2.[Na+]. The molecule has 76 valence electrons. The van der Waals surface area contributed by atoms with Crippen molar-refractivity contribution < 1.29 is 46.7 Å². The van der Waals surface area contributed by atoms with Gasteiger partial charge in [0.05, 0.1) is 11.5 Å². The van der Waals surface area contributed by atoms with E-state index < -0.39 is 20.9 Å². The molecule has 0 fully saturated rings. The van der Waals surface area contributed by atoms with E-state index in [9.17, 15) is 17.2 Å². The van der Waals surface area contributed by atoms with Crippen LogP contribution in [-0.2, 0) is 32.4 Å². The molecule has 0 bridgehead atoms. The summed E-state index contributed by atoms with van der Waals surface area (Å²) < 4.78 is 43.7. The molecule has 0 amide bonds. The van der Waals surface area contributed by atoms with Gasteiger partial charge < -0.3 is 4.55 Å². The van der Waals surface area contributed by atoms with Gasteiger partial charge in [0.2, 0.25) is 0 Å². The molecule has 1 unspecified atom stereocenters. The minimum atomic E-state index is -3.05. The molecule has 1 aromatic rings. The van der Waals surface area contributed by atoms with Gasteiger partial charge in [-0.15, -0.1) is 0 Å². The first-order valence-corrected chi connectivity index (χ1v) is 6.79. The molecule has 15 heavy (non-hydrogen) atoms. The number of fused-ring (bicyclic) bond motifs is 1. The molecule has 1 aliphatic rings. The van der Waals surface area contributed by atoms with Crippen LogP contribution in [0.2, 0.25) is 0 Å². The van der Waals surface area contributed by atoms with E-state index in [2.05, 4.69) is 0 Å². The van der Waals surface area contributed by atoms with E-state index in [1.807, 2.05) is 0 Å². The average Bonchev–Trinajstić information content (AvgIpc) is 2.36. The van der Waals surface area contributed by atoms with Gasteiger partial charge in [-0.2, -0.15) is 0 Å². The van der Waals surface area contributed by atoms with Crippen molar-refractivity contribution >= 4 is 20.9 Å².